The molecule has 1 amide bonds. The van der Waals surface area contributed by atoms with E-state index in [4.69, 9.17) is 4.74 Å². The number of nitrogens with one attached hydrogen (secondary N) is 2. The van der Waals surface area contributed by atoms with Crippen LogP contribution in [0.15, 0.2) is 24.3 Å². The average molecular weight is 252 g/mol. The summed E-state index contributed by atoms with van der Waals surface area (Å²) in [5.74, 6) is -0.619. The van der Waals surface area contributed by atoms with E-state index in [1.54, 1.807) is 12.1 Å². The van der Waals surface area contributed by atoms with Crippen molar-refractivity contribution in [3.05, 3.63) is 30.1 Å². The van der Waals surface area contributed by atoms with Crippen LogP contribution in [0.4, 0.5) is 10.1 Å². The van der Waals surface area contributed by atoms with Crippen LogP contribution in [0.2, 0.25) is 0 Å². The Morgan fingerprint density at radius 1 is 1.44 bits per heavy atom. The number of amides is 1. The van der Waals surface area contributed by atoms with Crippen molar-refractivity contribution in [3.63, 3.8) is 0 Å². The second-order valence-electron chi connectivity index (χ2n) is 4.32. The standard InChI is InChI=1S/C13H17FN2O2/c14-10-2-1-3-11(8-10)16-13(17)9-18-12-4-6-15-7-5-12/h1-3,8,12,15H,4-7,9H2,(H,16,17). The Morgan fingerprint density at radius 3 is 2.94 bits per heavy atom. The first kappa shape index (κ1) is 13.0. The quantitative estimate of drug-likeness (QED) is 0.854. The Hall–Kier alpha value is -1.46. The highest BCUT2D eigenvalue weighted by Gasteiger charge is 2.14. The third-order valence-electron chi connectivity index (χ3n) is 2.84. The van der Waals surface area contributed by atoms with E-state index in [1.807, 2.05) is 0 Å². The predicted octanol–water partition coefficient (Wildman–Crippen LogP) is 1.53. The zero-order valence-electron chi connectivity index (χ0n) is 10.1. The summed E-state index contributed by atoms with van der Waals surface area (Å²) in [5.41, 5.74) is 0.453. The number of benzene rings is 1. The molecule has 18 heavy (non-hydrogen) atoms. The molecule has 1 aromatic carbocycles. The summed E-state index contributed by atoms with van der Waals surface area (Å²) in [7, 11) is 0. The lowest BCUT2D eigenvalue weighted by Crippen LogP contribution is -2.34. The second kappa shape index (κ2) is 6.47. The van der Waals surface area contributed by atoms with Gasteiger partial charge in [-0.1, -0.05) is 6.07 Å². The Morgan fingerprint density at radius 2 is 2.22 bits per heavy atom. The fraction of sp³-hybridized carbons (Fsp3) is 0.462. The van der Waals surface area contributed by atoms with Crippen molar-refractivity contribution in [1.29, 1.82) is 0 Å². The van der Waals surface area contributed by atoms with Crippen LogP contribution in [0.1, 0.15) is 12.8 Å². The number of carbonyl (C=O) groups is 1. The maximum atomic E-state index is 12.9. The molecule has 2 N–H and O–H groups in total. The molecule has 98 valence electrons. The van der Waals surface area contributed by atoms with Crippen LogP contribution in [0.5, 0.6) is 0 Å². The normalized spacial score (nSPS) is 16.5. The summed E-state index contributed by atoms with van der Waals surface area (Å²) >= 11 is 0. The van der Waals surface area contributed by atoms with Crippen molar-refractivity contribution < 1.29 is 13.9 Å². The van der Waals surface area contributed by atoms with E-state index in [0.29, 0.717) is 5.69 Å². The van der Waals surface area contributed by atoms with E-state index in [0.717, 1.165) is 25.9 Å². The van der Waals surface area contributed by atoms with Gasteiger partial charge in [0.2, 0.25) is 5.91 Å². The maximum absolute atomic E-state index is 12.9. The lowest BCUT2D eigenvalue weighted by Gasteiger charge is -2.22. The van der Waals surface area contributed by atoms with Gasteiger partial charge in [0.1, 0.15) is 12.4 Å². The minimum absolute atomic E-state index is 0.0151. The minimum atomic E-state index is -0.368. The molecule has 0 aromatic heterocycles. The number of carbonyl (C=O) groups excluding carboxylic acids is 1. The number of piperidine rings is 1. The molecular weight excluding hydrogens is 235 g/mol. The van der Waals surface area contributed by atoms with E-state index in [1.165, 1.54) is 12.1 Å². The van der Waals surface area contributed by atoms with Gasteiger partial charge in [-0.05, 0) is 44.1 Å². The molecule has 1 saturated heterocycles. The summed E-state index contributed by atoms with van der Waals surface area (Å²) in [6.07, 6.45) is 1.99. The van der Waals surface area contributed by atoms with Crippen molar-refractivity contribution in [3.8, 4) is 0 Å². The predicted molar refractivity (Wildman–Crippen MR) is 66.9 cm³/mol. The molecule has 0 bridgehead atoms. The van der Waals surface area contributed by atoms with Gasteiger partial charge in [0.05, 0.1) is 6.10 Å². The third-order valence-corrected chi connectivity index (χ3v) is 2.84. The van der Waals surface area contributed by atoms with E-state index < -0.39 is 0 Å². The fourth-order valence-corrected chi connectivity index (χ4v) is 1.92. The zero-order valence-corrected chi connectivity index (χ0v) is 10.1. The molecule has 0 atom stereocenters. The van der Waals surface area contributed by atoms with Crippen LogP contribution in [0.25, 0.3) is 0 Å². The molecule has 4 nitrogen and oxygen atoms in total. The molecule has 0 radical (unpaired) electrons. The largest absolute Gasteiger partial charge is 0.368 e. The van der Waals surface area contributed by atoms with Gasteiger partial charge < -0.3 is 15.4 Å². The van der Waals surface area contributed by atoms with Gasteiger partial charge in [0.25, 0.3) is 0 Å². The summed E-state index contributed by atoms with van der Waals surface area (Å²) in [4.78, 5) is 11.6. The van der Waals surface area contributed by atoms with Crippen LogP contribution in [-0.4, -0.2) is 31.7 Å². The highest BCUT2D eigenvalue weighted by molar-refractivity contribution is 5.91. The fourth-order valence-electron chi connectivity index (χ4n) is 1.92. The molecule has 1 fully saturated rings. The topological polar surface area (TPSA) is 50.4 Å². The van der Waals surface area contributed by atoms with Gasteiger partial charge in [0.15, 0.2) is 0 Å². The molecule has 5 heteroatoms. The first-order valence-electron chi connectivity index (χ1n) is 6.12. The minimum Gasteiger partial charge on any atom is -0.368 e. The van der Waals surface area contributed by atoms with Crippen molar-refractivity contribution in [1.82, 2.24) is 5.32 Å². The molecule has 0 aliphatic carbocycles. The van der Waals surface area contributed by atoms with E-state index >= 15 is 0 Å². The van der Waals surface area contributed by atoms with Crippen LogP contribution < -0.4 is 10.6 Å². The van der Waals surface area contributed by atoms with E-state index in [-0.39, 0.29) is 24.4 Å². The molecule has 1 aliphatic rings. The molecule has 0 spiro atoms. The molecule has 1 heterocycles. The molecule has 1 aliphatic heterocycles. The molecule has 1 aromatic rings. The smallest absolute Gasteiger partial charge is 0.250 e. The van der Waals surface area contributed by atoms with Gasteiger partial charge in [-0.25, -0.2) is 4.39 Å². The van der Waals surface area contributed by atoms with Crippen molar-refractivity contribution in [2.75, 3.05) is 25.0 Å². The summed E-state index contributed by atoms with van der Waals surface area (Å²) in [6, 6.07) is 5.81. The van der Waals surface area contributed by atoms with E-state index in [9.17, 15) is 9.18 Å². The highest BCUT2D eigenvalue weighted by Crippen LogP contribution is 2.10. The van der Waals surface area contributed by atoms with Crippen LogP contribution >= 0.6 is 0 Å². The van der Waals surface area contributed by atoms with Crippen LogP contribution in [0.3, 0.4) is 0 Å². The number of hydrogen-bond acceptors (Lipinski definition) is 3. The highest BCUT2D eigenvalue weighted by atomic mass is 19.1. The van der Waals surface area contributed by atoms with Gasteiger partial charge in [0, 0.05) is 5.69 Å². The van der Waals surface area contributed by atoms with Gasteiger partial charge in [-0.2, -0.15) is 0 Å². The van der Waals surface area contributed by atoms with Crippen molar-refractivity contribution in [2.45, 2.75) is 18.9 Å². The number of halogens is 1. The molecular formula is C13H17FN2O2. The Bertz CT molecular complexity index is 406. The Balaban J connectivity index is 1.74. The monoisotopic (exact) mass is 252 g/mol. The number of anilines is 1. The first-order valence-corrected chi connectivity index (χ1v) is 6.12. The summed E-state index contributed by atoms with van der Waals surface area (Å²) < 4.78 is 18.4. The van der Waals surface area contributed by atoms with Gasteiger partial charge >= 0.3 is 0 Å². The van der Waals surface area contributed by atoms with Gasteiger partial charge in [-0.3, -0.25) is 4.79 Å². The number of hydrogen-bond donors (Lipinski definition) is 2. The third kappa shape index (κ3) is 4.09. The summed E-state index contributed by atoms with van der Waals surface area (Å²) in [6.45, 7) is 1.87. The second-order valence-corrected chi connectivity index (χ2v) is 4.32. The Kier molecular flexibility index (Phi) is 4.66. The lowest BCUT2D eigenvalue weighted by atomic mass is 10.1. The number of ether oxygens (including phenoxy) is 1. The van der Waals surface area contributed by atoms with Crippen LogP contribution in [0, 0.1) is 5.82 Å². The SMILES string of the molecule is O=C(COC1CCNCC1)Nc1cccc(F)c1. The van der Waals surface area contributed by atoms with E-state index in [2.05, 4.69) is 10.6 Å². The molecule has 0 saturated carbocycles. The maximum Gasteiger partial charge on any atom is 0.250 e. The van der Waals surface area contributed by atoms with Crippen molar-refractivity contribution in [2.24, 2.45) is 0 Å². The van der Waals surface area contributed by atoms with Gasteiger partial charge in [-0.15, -0.1) is 0 Å². The molecule has 0 unspecified atom stereocenters. The first-order chi connectivity index (χ1) is 8.74. The molecule has 2 rings (SSSR count). The Labute approximate surface area is 106 Å². The lowest BCUT2D eigenvalue weighted by molar-refractivity contribution is -0.123. The average Bonchev–Trinajstić information content (AvgIpc) is 2.38. The summed E-state index contributed by atoms with van der Waals surface area (Å²) in [5, 5.41) is 5.83. The number of rotatable bonds is 4. The van der Waals surface area contributed by atoms with Crippen molar-refractivity contribution >= 4 is 11.6 Å². The zero-order chi connectivity index (χ0) is 12.8. The van der Waals surface area contributed by atoms with Crippen LogP contribution in [-0.2, 0) is 9.53 Å².